The van der Waals surface area contributed by atoms with Gasteiger partial charge in [0.25, 0.3) is 5.91 Å². The second kappa shape index (κ2) is 4.99. The van der Waals surface area contributed by atoms with E-state index < -0.39 is 5.91 Å². The summed E-state index contributed by atoms with van der Waals surface area (Å²) in [6, 6.07) is 6.82. The van der Waals surface area contributed by atoms with Crippen LogP contribution < -0.4 is 15.8 Å². The van der Waals surface area contributed by atoms with Gasteiger partial charge in [-0.05, 0) is 12.1 Å². The Kier molecular flexibility index (Phi) is 3.68. The second-order valence-electron chi connectivity index (χ2n) is 2.93. The van der Waals surface area contributed by atoms with E-state index in [4.69, 9.17) is 10.5 Å². The van der Waals surface area contributed by atoms with E-state index in [-0.39, 0.29) is 12.5 Å². The van der Waals surface area contributed by atoms with E-state index in [1.54, 1.807) is 24.3 Å². The molecule has 0 aliphatic rings. The molecule has 0 aliphatic heterocycles. The molecule has 1 rings (SSSR count). The molecule has 1 aromatic rings. The average Bonchev–Trinajstić information content (AvgIpc) is 2.15. The number of carbonyl (C=O) groups excluding carboxylic acids is 2. The first kappa shape index (κ1) is 11.0. The third-order valence-corrected chi connectivity index (χ3v) is 1.57. The molecule has 0 atom stereocenters. The molecule has 0 heterocycles. The fourth-order valence-corrected chi connectivity index (χ4v) is 1.03. The van der Waals surface area contributed by atoms with E-state index in [1.807, 2.05) is 0 Å². The Balaban J connectivity index is 2.76. The van der Waals surface area contributed by atoms with Gasteiger partial charge in [-0.15, -0.1) is 0 Å². The first-order chi connectivity index (χ1) is 7.09. The van der Waals surface area contributed by atoms with Crippen LogP contribution in [-0.4, -0.2) is 18.4 Å². The number of ether oxygens (including phenoxy) is 1. The Labute approximate surface area is 87.2 Å². The van der Waals surface area contributed by atoms with Crippen molar-refractivity contribution >= 4 is 17.5 Å². The summed E-state index contributed by atoms with van der Waals surface area (Å²) in [7, 11) is 0. The zero-order valence-corrected chi connectivity index (χ0v) is 8.32. The number of rotatable bonds is 4. The molecule has 0 saturated carbocycles. The molecule has 0 radical (unpaired) electrons. The Morgan fingerprint density at radius 1 is 1.40 bits per heavy atom. The van der Waals surface area contributed by atoms with Gasteiger partial charge in [-0.3, -0.25) is 9.59 Å². The number of anilines is 1. The number of benzene rings is 1. The quantitative estimate of drug-likeness (QED) is 0.756. The fraction of sp³-hybridized carbons (Fsp3) is 0.200. The maximum atomic E-state index is 10.8. The third-order valence-electron chi connectivity index (χ3n) is 1.57. The van der Waals surface area contributed by atoms with E-state index >= 15 is 0 Å². The van der Waals surface area contributed by atoms with Crippen molar-refractivity contribution in [2.75, 3.05) is 11.9 Å². The molecule has 0 aromatic heterocycles. The SMILES string of the molecule is CC(=O)Nc1ccccc1OCC(N)=O. The maximum absolute atomic E-state index is 10.8. The van der Waals surface area contributed by atoms with Crippen LogP contribution in [0.4, 0.5) is 5.69 Å². The Morgan fingerprint density at radius 3 is 2.67 bits per heavy atom. The van der Waals surface area contributed by atoms with Gasteiger partial charge >= 0.3 is 0 Å². The molecule has 5 nitrogen and oxygen atoms in total. The molecule has 2 amide bonds. The lowest BCUT2D eigenvalue weighted by atomic mass is 10.3. The van der Waals surface area contributed by atoms with Crippen LogP contribution in [0.5, 0.6) is 5.75 Å². The number of amides is 2. The summed E-state index contributed by atoms with van der Waals surface area (Å²) >= 11 is 0. The Hall–Kier alpha value is -2.04. The molecule has 0 aliphatic carbocycles. The van der Waals surface area contributed by atoms with Crippen molar-refractivity contribution in [1.82, 2.24) is 0 Å². The van der Waals surface area contributed by atoms with Crippen molar-refractivity contribution in [1.29, 1.82) is 0 Å². The summed E-state index contributed by atoms with van der Waals surface area (Å²) in [6.07, 6.45) is 0. The first-order valence-electron chi connectivity index (χ1n) is 4.37. The number of nitrogens with two attached hydrogens (primary N) is 1. The number of nitrogens with one attached hydrogen (secondary N) is 1. The van der Waals surface area contributed by atoms with Crippen LogP contribution in [0.15, 0.2) is 24.3 Å². The Bertz CT molecular complexity index is 377. The molecule has 0 saturated heterocycles. The van der Waals surface area contributed by atoms with Gasteiger partial charge in [-0.25, -0.2) is 0 Å². The first-order valence-corrected chi connectivity index (χ1v) is 4.37. The van der Waals surface area contributed by atoms with Crippen molar-refractivity contribution in [3.8, 4) is 5.75 Å². The minimum atomic E-state index is -0.562. The summed E-state index contributed by atoms with van der Waals surface area (Å²) in [5, 5.41) is 2.58. The van der Waals surface area contributed by atoms with Crippen LogP contribution in [0.1, 0.15) is 6.92 Å². The largest absolute Gasteiger partial charge is 0.482 e. The summed E-state index contributed by atoms with van der Waals surface area (Å²) in [5.41, 5.74) is 5.46. The molecule has 1 aromatic carbocycles. The van der Waals surface area contributed by atoms with Crippen LogP contribution in [0.3, 0.4) is 0 Å². The minimum absolute atomic E-state index is 0.204. The second-order valence-corrected chi connectivity index (χ2v) is 2.93. The summed E-state index contributed by atoms with van der Waals surface area (Å²) in [4.78, 5) is 21.4. The third kappa shape index (κ3) is 3.68. The van der Waals surface area contributed by atoms with Gasteiger partial charge < -0.3 is 15.8 Å². The van der Waals surface area contributed by atoms with Gasteiger partial charge in [-0.1, -0.05) is 12.1 Å². The van der Waals surface area contributed by atoms with Crippen LogP contribution in [-0.2, 0) is 9.59 Å². The van der Waals surface area contributed by atoms with E-state index in [9.17, 15) is 9.59 Å². The zero-order valence-electron chi connectivity index (χ0n) is 8.32. The van der Waals surface area contributed by atoms with Gasteiger partial charge in [0, 0.05) is 6.92 Å². The van der Waals surface area contributed by atoms with Crippen LogP contribution in [0.25, 0.3) is 0 Å². The minimum Gasteiger partial charge on any atom is -0.482 e. The topological polar surface area (TPSA) is 81.4 Å². The lowest BCUT2D eigenvalue weighted by molar-refractivity contribution is -0.120. The normalized spacial score (nSPS) is 9.40. The monoisotopic (exact) mass is 208 g/mol. The van der Waals surface area contributed by atoms with Crippen LogP contribution in [0.2, 0.25) is 0 Å². The standard InChI is InChI=1S/C10H12N2O3/c1-7(13)12-8-4-2-3-5-9(8)15-6-10(11)14/h2-5H,6H2,1H3,(H2,11,14)(H,12,13). The molecular weight excluding hydrogens is 196 g/mol. The van der Waals surface area contributed by atoms with Gasteiger partial charge in [0.15, 0.2) is 6.61 Å². The summed E-state index contributed by atoms with van der Waals surface area (Å²) in [5.74, 6) is -0.343. The van der Waals surface area contributed by atoms with Gasteiger partial charge in [0.2, 0.25) is 5.91 Å². The number of hydrogen-bond acceptors (Lipinski definition) is 3. The predicted molar refractivity (Wildman–Crippen MR) is 55.4 cm³/mol. The smallest absolute Gasteiger partial charge is 0.255 e. The molecule has 0 spiro atoms. The lowest BCUT2D eigenvalue weighted by Crippen LogP contribution is -2.20. The number of para-hydroxylation sites is 2. The molecular formula is C10H12N2O3. The highest BCUT2D eigenvalue weighted by Crippen LogP contribution is 2.23. The van der Waals surface area contributed by atoms with Crippen molar-refractivity contribution in [3.63, 3.8) is 0 Å². The highest BCUT2D eigenvalue weighted by atomic mass is 16.5. The number of carbonyl (C=O) groups is 2. The summed E-state index contributed by atoms with van der Waals surface area (Å²) in [6.45, 7) is 1.18. The average molecular weight is 208 g/mol. The Morgan fingerprint density at radius 2 is 2.07 bits per heavy atom. The molecule has 5 heteroatoms. The predicted octanol–water partition coefficient (Wildman–Crippen LogP) is 0.509. The van der Waals surface area contributed by atoms with Crippen molar-refractivity contribution in [2.24, 2.45) is 5.73 Å². The number of hydrogen-bond donors (Lipinski definition) is 2. The molecule has 0 unspecified atom stereocenters. The van der Waals surface area contributed by atoms with E-state index in [0.29, 0.717) is 11.4 Å². The summed E-state index contributed by atoms with van der Waals surface area (Å²) < 4.78 is 5.11. The van der Waals surface area contributed by atoms with Gasteiger partial charge in [-0.2, -0.15) is 0 Å². The van der Waals surface area contributed by atoms with Gasteiger partial charge in [0.1, 0.15) is 5.75 Å². The zero-order chi connectivity index (χ0) is 11.3. The number of primary amides is 1. The molecule has 0 fully saturated rings. The van der Waals surface area contributed by atoms with E-state index in [0.717, 1.165) is 0 Å². The fourth-order valence-electron chi connectivity index (χ4n) is 1.03. The molecule has 3 N–H and O–H groups in total. The highest BCUT2D eigenvalue weighted by Gasteiger charge is 2.05. The molecule has 15 heavy (non-hydrogen) atoms. The van der Waals surface area contributed by atoms with E-state index in [2.05, 4.69) is 5.32 Å². The van der Waals surface area contributed by atoms with Crippen LogP contribution >= 0.6 is 0 Å². The van der Waals surface area contributed by atoms with E-state index in [1.165, 1.54) is 6.92 Å². The lowest BCUT2D eigenvalue weighted by Gasteiger charge is -2.09. The van der Waals surface area contributed by atoms with Crippen molar-refractivity contribution < 1.29 is 14.3 Å². The molecule has 0 bridgehead atoms. The maximum Gasteiger partial charge on any atom is 0.255 e. The van der Waals surface area contributed by atoms with Crippen LogP contribution in [0, 0.1) is 0 Å². The van der Waals surface area contributed by atoms with Crippen molar-refractivity contribution in [3.05, 3.63) is 24.3 Å². The van der Waals surface area contributed by atoms with Crippen molar-refractivity contribution in [2.45, 2.75) is 6.92 Å². The van der Waals surface area contributed by atoms with Gasteiger partial charge in [0.05, 0.1) is 5.69 Å². The molecule has 80 valence electrons. The highest BCUT2D eigenvalue weighted by molar-refractivity contribution is 5.90.